The third-order valence-corrected chi connectivity index (χ3v) is 8.14. The summed E-state index contributed by atoms with van der Waals surface area (Å²) in [6.07, 6.45) is 0.734. The molecular weight excluding hydrogens is 526 g/mol. The third-order valence-electron chi connectivity index (χ3n) is 5.99. The predicted molar refractivity (Wildman–Crippen MR) is 149 cm³/mol. The van der Waals surface area contributed by atoms with Gasteiger partial charge in [0, 0.05) is 18.1 Å². The van der Waals surface area contributed by atoms with Gasteiger partial charge in [0.1, 0.15) is 18.3 Å². The van der Waals surface area contributed by atoms with Crippen molar-refractivity contribution in [1.29, 1.82) is 0 Å². The van der Waals surface area contributed by atoms with Crippen molar-refractivity contribution < 1.29 is 22.7 Å². The minimum Gasteiger partial charge on any atom is -0.497 e. The first-order chi connectivity index (χ1) is 18.2. The van der Waals surface area contributed by atoms with Crippen molar-refractivity contribution in [2.24, 2.45) is 0 Å². The Morgan fingerprint density at radius 2 is 1.61 bits per heavy atom. The largest absolute Gasteiger partial charge is 0.497 e. The van der Waals surface area contributed by atoms with Crippen LogP contribution in [0.5, 0.6) is 5.75 Å². The standard InChI is InChI=1S/C28H32ClN3O5S/c1-4-18-30-28(34)21(2)31(19-22-10-8-9-13-26(22)29)27(33)20-32(23-14-16-24(37-3)17-15-23)38(35,36)25-11-6-5-7-12-25/h5-17,21H,4,18-20H2,1-3H3,(H,30,34). The molecule has 3 aromatic carbocycles. The summed E-state index contributed by atoms with van der Waals surface area (Å²) in [5.41, 5.74) is 0.920. The van der Waals surface area contributed by atoms with E-state index in [0.29, 0.717) is 22.9 Å². The maximum atomic E-state index is 13.8. The molecule has 8 nitrogen and oxygen atoms in total. The van der Waals surface area contributed by atoms with E-state index in [4.69, 9.17) is 16.3 Å². The van der Waals surface area contributed by atoms with Gasteiger partial charge in [0.15, 0.2) is 0 Å². The molecule has 0 heterocycles. The Kier molecular flexibility index (Phi) is 10.2. The second-order valence-electron chi connectivity index (χ2n) is 8.60. The smallest absolute Gasteiger partial charge is 0.264 e. The maximum Gasteiger partial charge on any atom is 0.264 e. The molecule has 3 aromatic rings. The number of carbonyl (C=O) groups is 2. The van der Waals surface area contributed by atoms with Crippen LogP contribution in [0.1, 0.15) is 25.8 Å². The molecule has 0 saturated heterocycles. The van der Waals surface area contributed by atoms with E-state index in [-0.39, 0.29) is 23.0 Å². The fraction of sp³-hybridized carbons (Fsp3) is 0.286. The van der Waals surface area contributed by atoms with Gasteiger partial charge in [-0.05, 0) is 61.4 Å². The number of carbonyl (C=O) groups excluding carboxylic acids is 2. The van der Waals surface area contributed by atoms with Crippen molar-refractivity contribution in [2.75, 3.05) is 24.5 Å². The minimum absolute atomic E-state index is 0.0288. The number of methoxy groups -OCH3 is 1. The number of halogens is 1. The number of amides is 2. The number of nitrogens with zero attached hydrogens (tertiary/aromatic N) is 2. The molecule has 2 amide bonds. The number of anilines is 1. The highest BCUT2D eigenvalue weighted by atomic mass is 35.5. The number of hydrogen-bond donors (Lipinski definition) is 1. The quantitative estimate of drug-likeness (QED) is 0.354. The molecule has 0 fully saturated rings. The van der Waals surface area contributed by atoms with Crippen LogP contribution in [-0.4, -0.2) is 51.4 Å². The Bertz CT molecular complexity index is 1330. The van der Waals surface area contributed by atoms with E-state index < -0.39 is 28.5 Å². The molecule has 0 aliphatic carbocycles. The first-order valence-corrected chi connectivity index (χ1v) is 14.0. The molecule has 1 unspecified atom stereocenters. The normalized spacial score (nSPS) is 11.9. The first-order valence-electron chi connectivity index (χ1n) is 12.2. The van der Waals surface area contributed by atoms with Crippen LogP contribution in [0.2, 0.25) is 5.02 Å². The van der Waals surface area contributed by atoms with E-state index in [1.165, 1.54) is 24.1 Å². The molecule has 202 valence electrons. The summed E-state index contributed by atoms with van der Waals surface area (Å²) in [7, 11) is -2.62. The second-order valence-corrected chi connectivity index (χ2v) is 10.9. The zero-order valence-corrected chi connectivity index (χ0v) is 23.2. The van der Waals surface area contributed by atoms with Crippen LogP contribution in [0.25, 0.3) is 0 Å². The SMILES string of the molecule is CCCNC(=O)C(C)N(Cc1ccccc1Cl)C(=O)CN(c1ccc(OC)cc1)S(=O)(=O)c1ccccc1. The Balaban J connectivity index is 2.02. The van der Waals surface area contributed by atoms with E-state index in [2.05, 4.69) is 5.32 Å². The number of sulfonamides is 1. The Morgan fingerprint density at radius 3 is 2.21 bits per heavy atom. The van der Waals surface area contributed by atoms with Crippen molar-refractivity contribution in [3.63, 3.8) is 0 Å². The highest BCUT2D eigenvalue weighted by Crippen LogP contribution is 2.27. The molecule has 10 heteroatoms. The maximum absolute atomic E-state index is 13.8. The second kappa shape index (κ2) is 13.3. The highest BCUT2D eigenvalue weighted by molar-refractivity contribution is 7.92. The van der Waals surface area contributed by atoms with Gasteiger partial charge < -0.3 is 15.0 Å². The minimum atomic E-state index is -4.13. The predicted octanol–water partition coefficient (Wildman–Crippen LogP) is 4.49. The first kappa shape index (κ1) is 29.0. The zero-order chi connectivity index (χ0) is 27.7. The number of benzene rings is 3. The summed E-state index contributed by atoms with van der Waals surface area (Å²) in [5.74, 6) is -0.354. The summed E-state index contributed by atoms with van der Waals surface area (Å²) in [6, 6.07) is 20.4. The van der Waals surface area contributed by atoms with Crippen LogP contribution in [-0.2, 0) is 26.2 Å². The topological polar surface area (TPSA) is 96.0 Å². The lowest BCUT2D eigenvalue weighted by Gasteiger charge is -2.32. The average Bonchev–Trinajstić information content (AvgIpc) is 2.94. The van der Waals surface area contributed by atoms with Gasteiger partial charge in [-0.25, -0.2) is 8.42 Å². The van der Waals surface area contributed by atoms with Crippen LogP contribution in [0.15, 0.2) is 83.8 Å². The molecule has 0 spiro atoms. The van der Waals surface area contributed by atoms with Crippen LogP contribution < -0.4 is 14.4 Å². The molecule has 0 saturated carbocycles. The van der Waals surface area contributed by atoms with Crippen molar-refractivity contribution in [2.45, 2.75) is 37.8 Å². The lowest BCUT2D eigenvalue weighted by molar-refractivity contribution is -0.139. The van der Waals surface area contributed by atoms with Gasteiger partial charge in [0.05, 0.1) is 17.7 Å². The van der Waals surface area contributed by atoms with Gasteiger partial charge in [-0.3, -0.25) is 13.9 Å². The van der Waals surface area contributed by atoms with Gasteiger partial charge >= 0.3 is 0 Å². The number of hydrogen-bond acceptors (Lipinski definition) is 5. The summed E-state index contributed by atoms with van der Waals surface area (Å²) < 4.78 is 33.7. The highest BCUT2D eigenvalue weighted by Gasteiger charge is 2.32. The lowest BCUT2D eigenvalue weighted by Crippen LogP contribution is -2.51. The fourth-order valence-corrected chi connectivity index (χ4v) is 5.42. The Hall–Kier alpha value is -3.56. The Labute approximate surface area is 229 Å². The van der Waals surface area contributed by atoms with Gasteiger partial charge in [-0.15, -0.1) is 0 Å². The molecule has 1 N–H and O–H groups in total. The Morgan fingerprint density at radius 1 is 0.974 bits per heavy atom. The number of nitrogens with one attached hydrogen (secondary N) is 1. The van der Waals surface area contributed by atoms with Crippen molar-refractivity contribution in [3.05, 3.63) is 89.4 Å². The van der Waals surface area contributed by atoms with Gasteiger partial charge in [0.2, 0.25) is 11.8 Å². The van der Waals surface area contributed by atoms with Crippen LogP contribution >= 0.6 is 11.6 Å². The molecule has 0 aliphatic rings. The molecule has 38 heavy (non-hydrogen) atoms. The van der Waals surface area contributed by atoms with Gasteiger partial charge in [-0.1, -0.05) is 54.9 Å². The van der Waals surface area contributed by atoms with E-state index in [0.717, 1.165) is 10.7 Å². The molecule has 1 atom stereocenters. The fourth-order valence-electron chi connectivity index (χ4n) is 3.79. The molecular formula is C28H32ClN3O5S. The number of rotatable bonds is 12. The number of ether oxygens (including phenoxy) is 1. The van der Waals surface area contributed by atoms with Crippen LogP contribution in [0.3, 0.4) is 0 Å². The van der Waals surface area contributed by atoms with E-state index in [1.54, 1.807) is 73.7 Å². The summed E-state index contributed by atoms with van der Waals surface area (Å²) in [5, 5.41) is 3.25. The average molecular weight is 558 g/mol. The van der Waals surface area contributed by atoms with Crippen molar-refractivity contribution >= 4 is 39.1 Å². The van der Waals surface area contributed by atoms with Gasteiger partial charge in [-0.2, -0.15) is 0 Å². The molecule has 3 rings (SSSR count). The van der Waals surface area contributed by atoms with Gasteiger partial charge in [0.25, 0.3) is 10.0 Å². The molecule has 0 bridgehead atoms. The van der Waals surface area contributed by atoms with E-state index >= 15 is 0 Å². The van der Waals surface area contributed by atoms with Crippen LogP contribution in [0.4, 0.5) is 5.69 Å². The monoisotopic (exact) mass is 557 g/mol. The molecule has 0 aliphatic heterocycles. The van der Waals surface area contributed by atoms with E-state index in [1.807, 2.05) is 6.92 Å². The third kappa shape index (κ3) is 7.05. The summed E-state index contributed by atoms with van der Waals surface area (Å²) in [4.78, 5) is 28.1. The van der Waals surface area contributed by atoms with Crippen molar-refractivity contribution in [1.82, 2.24) is 10.2 Å². The van der Waals surface area contributed by atoms with E-state index in [9.17, 15) is 18.0 Å². The zero-order valence-electron chi connectivity index (χ0n) is 21.6. The van der Waals surface area contributed by atoms with Crippen LogP contribution in [0, 0.1) is 0 Å². The molecule has 0 radical (unpaired) electrons. The lowest BCUT2D eigenvalue weighted by atomic mass is 10.1. The van der Waals surface area contributed by atoms with Crippen molar-refractivity contribution in [3.8, 4) is 5.75 Å². The summed E-state index contributed by atoms with van der Waals surface area (Å²) >= 11 is 6.37. The molecule has 0 aromatic heterocycles. The summed E-state index contributed by atoms with van der Waals surface area (Å²) in [6.45, 7) is 3.50.